The van der Waals surface area contributed by atoms with Crippen LogP contribution in [0.1, 0.15) is 37.9 Å². The summed E-state index contributed by atoms with van der Waals surface area (Å²) < 4.78 is 62.9. The highest BCUT2D eigenvalue weighted by Crippen LogP contribution is 2.52. The molecule has 39 heavy (non-hydrogen) atoms. The number of carbonyl (C=O) groups excluding carboxylic acids is 3. The Morgan fingerprint density at radius 3 is 2.56 bits per heavy atom. The summed E-state index contributed by atoms with van der Waals surface area (Å²) in [6.07, 6.45) is -3.55. The second kappa shape index (κ2) is 8.39. The molecule has 12 heteroatoms. The molecule has 3 aliphatic rings. The van der Waals surface area contributed by atoms with Crippen LogP contribution in [0.5, 0.6) is 11.5 Å². The van der Waals surface area contributed by atoms with Gasteiger partial charge in [0.05, 0.1) is 28.6 Å². The smallest absolute Gasteiger partial charge is 0.430 e. The molecule has 1 N–H and O–H groups in total. The highest BCUT2D eigenvalue weighted by Gasteiger charge is 2.53. The minimum atomic E-state index is -3.78. The first-order valence-electron chi connectivity index (χ1n) is 12.3. The molecular formula is C27H23F3N2O7. The predicted octanol–water partition coefficient (Wildman–Crippen LogP) is 4.78. The molecule has 1 aliphatic carbocycles. The van der Waals surface area contributed by atoms with Crippen LogP contribution < -0.4 is 14.8 Å². The van der Waals surface area contributed by atoms with Crippen molar-refractivity contribution in [2.24, 2.45) is 0 Å². The highest BCUT2D eigenvalue weighted by atomic mass is 19.3. The highest BCUT2D eigenvalue weighted by molar-refractivity contribution is 6.03. The number of nitrogens with one attached hydrogen (secondary N) is 1. The number of benzene rings is 2. The van der Waals surface area contributed by atoms with Crippen molar-refractivity contribution < 1.29 is 46.5 Å². The Hall–Kier alpha value is -4.22. The molecule has 3 aromatic rings. The van der Waals surface area contributed by atoms with Crippen LogP contribution in [0.15, 0.2) is 36.4 Å². The average molecular weight is 544 g/mol. The summed E-state index contributed by atoms with van der Waals surface area (Å²) in [5.74, 6) is -1.51. The normalized spacial score (nSPS) is 20.4. The zero-order valence-corrected chi connectivity index (χ0v) is 20.9. The van der Waals surface area contributed by atoms with Crippen molar-refractivity contribution in [3.63, 3.8) is 0 Å². The van der Waals surface area contributed by atoms with Gasteiger partial charge >= 0.3 is 12.5 Å². The van der Waals surface area contributed by atoms with Gasteiger partial charge in [-0.3, -0.25) is 4.79 Å². The molecule has 1 saturated carbocycles. The topological polar surface area (TPSA) is 105 Å². The Bertz CT molecular complexity index is 1540. The zero-order valence-electron chi connectivity index (χ0n) is 20.9. The van der Waals surface area contributed by atoms with Gasteiger partial charge < -0.3 is 33.6 Å². The van der Waals surface area contributed by atoms with E-state index < -0.39 is 41.1 Å². The maximum Gasteiger partial charge on any atom is 0.586 e. The Balaban J connectivity index is 1.31. The lowest BCUT2D eigenvalue weighted by molar-refractivity contribution is -0.286. The number of alkyl halides is 2. The molecule has 2 aromatic carbocycles. The average Bonchev–Trinajstić information content (AvgIpc) is 3.34. The number of aromatic nitrogens is 1. The van der Waals surface area contributed by atoms with Gasteiger partial charge in [-0.15, -0.1) is 8.78 Å². The molecule has 3 heterocycles. The number of nitrogens with zero attached hydrogens (tertiary/aromatic N) is 1. The molecule has 2 fully saturated rings. The Morgan fingerprint density at radius 1 is 1.15 bits per heavy atom. The number of amides is 1. The van der Waals surface area contributed by atoms with Crippen molar-refractivity contribution in [3.8, 4) is 11.5 Å². The van der Waals surface area contributed by atoms with E-state index in [9.17, 15) is 23.2 Å². The summed E-state index contributed by atoms with van der Waals surface area (Å²) >= 11 is 0. The minimum Gasteiger partial charge on any atom is -0.430 e. The number of anilines is 1. The van der Waals surface area contributed by atoms with Crippen molar-refractivity contribution >= 4 is 34.9 Å². The molecule has 0 radical (unpaired) electrons. The molecule has 0 spiro atoms. The Morgan fingerprint density at radius 2 is 1.90 bits per heavy atom. The van der Waals surface area contributed by atoms with Gasteiger partial charge in [0.25, 0.3) is 0 Å². The fraction of sp³-hybridized carbons (Fsp3) is 0.370. The summed E-state index contributed by atoms with van der Waals surface area (Å²) in [6.45, 7) is 3.58. The van der Waals surface area contributed by atoms with Crippen molar-refractivity contribution in [1.82, 2.24) is 4.57 Å². The third-order valence-electron chi connectivity index (χ3n) is 7.37. The van der Waals surface area contributed by atoms with Crippen LogP contribution in [-0.2, 0) is 36.4 Å². The Labute approximate surface area is 219 Å². The first kappa shape index (κ1) is 25.1. The molecule has 6 rings (SSSR count). The summed E-state index contributed by atoms with van der Waals surface area (Å²) in [5.41, 5.74) is -0.590. The van der Waals surface area contributed by atoms with Gasteiger partial charge in [0, 0.05) is 17.1 Å². The monoisotopic (exact) mass is 544 g/mol. The molecular weight excluding hydrogens is 521 g/mol. The Kier molecular flexibility index (Phi) is 5.39. The lowest BCUT2D eigenvalue weighted by Gasteiger charge is -2.22. The number of hydrogen-bond acceptors (Lipinski definition) is 7. The van der Waals surface area contributed by atoms with Gasteiger partial charge in [-0.05, 0) is 56.5 Å². The summed E-state index contributed by atoms with van der Waals surface area (Å²) in [4.78, 5) is 36.6. The third kappa shape index (κ3) is 4.23. The number of halogens is 3. The molecule has 9 nitrogen and oxygen atoms in total. The van der Waals surface area contributed by atoms with Crippen molar-refractivity contribution in [2.75, 3.05) is 11.9 Å². The first-order chi connectivity index (χ1) is 18.4. The van der Waals surface area contributed by atoms with E-state index >= 15 is 4.39 Å². The second-order valence-electron chi connectivity index (χ2n) is 10.5. The maximum atomic E-state index is 15.4. The van der Waals surface area contributed by atoms with Crippen LogP contribution in [0.3, 0.4) is 0 Å². The molecule has 1 saturated heterocycles. The molecule has 1 amide bonds. The standard InChI is InChI=1S/C27H23F3N2O7/c1-25(2,13-33)22-8-14-7-18(17(28)10-19(14)32(22)11-16-12-36-24(35)37-16)31-23(34)26(5-6-26)15-3-4-20-21(9-15)39-27(29,30)38-20/h3-4,7-10,13,16H,5-6,11-12H2,1-2H3,(H,31,34)/t16-/m1/s1. The van der Waals surface area contributed by atoms with Crippen LogP contribution in [0.25, 0.3) is 10.9 Å². The summed E-state index contributed by atoms with van der Waals surface area (Å²) in [7, 11) is 0. The number of hydrogen-bond donors (Lipinski definition) is 1. The molecule has 1 atom stereocenters. The number of fused-ring (bicyclic) bond motifs is 2. The first-order valence-corrected chi connectivity index (χ1v) is 12.3. The van der Waals surface area contributed by atoms with E-state index in [1.165, 1.54) is 30.3 Å². The van der Waals surface area contributed by atoms with Gasteiger partial charge in [-0.25, -0.2) is 9.18 Å². The molecule has 204 valence electrons. The lowest BCUT2D eigenvalue weighted by Crippen LogP contribution is -2.28. The maximum absolute atomic E-state index is 15.4. The number of rotatable bonds is 7. The summed E-state index contributed by atoms with van der Waals surface area (Å²) in [5, 5.41) is 3.20. The molecule has 0 bridgehead atoms. The van der Waals surface area contributed by atoms with Gasteiger partial charge in [0.2, 0.25) is 5.91 Å². The van der Waals surface area contributed by atoms with Crippen LogP contribution >= 0.6 is 0 Å². The van der Waals surface area contributed by atoms with Crippen molar-refractivity contribution in [3.05, 3.63) is 53.5 Å². The fourth-order valence-electron chi connectivity index (χ4n) is 5.09. The van der Waals surface area contributed by atoms with Crippen molar-refractivity contribution in [1.29, 1.82) is 0 Å². The van der Waals surface area contributed by atoms with E-state index in [0.717, 1.165) is 6.29 Å². The number of carbonyl (C=O) groups is 3. The van der Waals surface area contributed by atoms with Crippen LogP contribution in [0.4, 0.5) is 23.7 Å². The third-order valence-corrected chi connectivity index (χ3v) is 7.37. The SMILES string of the molecule is CC(C)(C=O)c1cc2cc(NC(=O)C3(c4ccc5c(c4)OC(F)(F)O5)CC3)c(F)cc2n1C[C@@H]1COC(=O)O1. The number of aldehydes is 1. The number of ether oxygens (including phenoxy) is 4. The van der Waals surface area contributed by atoms with Crippen LogP contribution in [-0.4, -0.2) is 41.9 Å². The predicted molar refractivity (Wildman–Crippen MR) is 129 cm³/mol. The van der Waals surface area contributed by atoms with E-state index in [1.807, 2.05) is 0 Å². The zero-order chi connectivity index (χ0) is 27.7. The van der Waals surface area contributed by atoms with Crippen LogP contribution in [0, 0.1) is 5.82 Å². The van der Waals surface area contributed by atoms with E-state index in [4.69, 9.17) is 9.47 Å². The minimum absolute atomic E-state index is 0.0235. The quantitative estimate of drug-likeness (QED) is 0.337. The number of cyclic esters (lactones) is 2. The molecule has 0 unspecified atom stereocenters. The second-order valence-corrected chi connectivity index (χ2v) is 10.5. The van der Waals surface area contributed by atoms with Gasteiger partial charge in [0.15, 0.2) is 17.6 Å². The van der Waals surface area contributed by atoms with E-state index in [-0.39, 0.29) is 30.3 Å². The molecule has 2 aliphatic heterocycles. The van der Waals surface area contributed by atoms with E-state index in [1.54, 1.807) is 24.5 Å². The van der Waals surface area contributed by atoms with Crippen LogP contribution in [0.2, 0.25) is 0 Å². The van der Waals surface area contributed by atoms with Gasteiger partial charge in [-0.1, -0.05) is 6.07 Å². The summed E-state index contributed by atoms with van der Waals surface area (Å²) in [6, 6.07) is 8.61. The van der Waals surface area contributed by atoms with Crippen molar-refractivity contribution in [2.45, 2.75) is 56.5 Å². The van der Waals surface area contributed by atoms with E-state index in [2.05, 4.69) is 14.8 Å². The largest absolute Gasteiger partial charge is 0.586 e. The van der Waals surface area contributed by atoms with Gasteiger partial charge in [0.1, 0.15) is 18.7 Å². The molecule has 1 aromatic heterocycles. The van der Waals surface area contributed by atoms with E-state index in [0.29, 0.717) is 35.0 Å². The fourth-order valence-corrected chi connectivity index (χ4v) is 5.09. The lowest BCUT2D eigenvalue weighted by atomic mass is 9.91. The van der Waals surface area contributed by atoms with Gasteiger partial charge in [-0.2, -0.15) is 0 Å².